The summed E-state index contributed by atoms with van der Waals surface area (Å²) in [7, 11) is 0. The molecule has 1 aromatic carbocycles. The predicted octanol–water partition coefficient (Wildman–Crippen LogP) is 2.55. The smallest absolute Gasteiger partial charge is 0.293 e. The molecule has 2 heterocycles. The van der Waals surface area contributed by atoms with Crippen molar-refractivity contribution in [3.8, 4) is 5.75 Å². The van der Waals surface area contributed by atoms with E-state index in [1.165, 1.54) is 28.8 Å². The van der Waals surface area contributed by atoms with E-state index in [1.54, 1.807) is 0 Å². The summed E-state index contributed by atoms with van der Waals surface area (Å²) in [6.45, 7) is 1.48. The number of hydrogen-bond acceptors (Lipinski definition) is 6. The molecule has 0 bridgehead atoms. The van der Waals surface area contributed by atoms with Gasteiger partial charge in [0, 0.05) is 30.7 Å². The van der Waals surface area contributed by atoms with Crippen LogP contribution in [0.4, 0.5) is 5.69 Å². The average molecular weight is 348 g/mol. The first-order valence-corrected chi connectivity index (χ1v) is 8.30. The van der Waals surface area contributed by atoms with E-state index in [4.69, 9.17) is 9.47 Å². The number of aromatic hydroxyl groups is 1. The number of nitro groups is 1. The molecule has 0 spiro atoms. The molecule has 0 aliphatic carbocycles. The van der Waals surface area contributed by atoms with Crippen molar-refractivity contribution in [2.24, 2.45) is 0 Å². The molecule has 1 aliphatic heterocycles. The fraction of sp³-hybridized carbons (Fsp3) is 0.471. The highest BCUT2D eigenvalue weighted by Crippen LogP contribution is 2.22. The summed E-state index contributed by atoms with van der Waals surface area (Å²) < 4.78 is 12.5. The second-order valence-corrected chi connectivity index (χ2v) is 6.01. The average Bonchev–Trinajstić information content (AvgIpc) is 2.62. The SMILES string of the molecule is O=c1c(O)cc2cc([N+](=O)[O-])ccc2n1CCCOC1CCCCO1. The molecule has 1 N–H and O–H groups in total. The van der Waals surface area contributed by atoms with Gasteiger partial charge in [0.15, 0.2) is 12.0 Å². The van der Waals surface area contributed by atoms with Crippen molar-refractivity contribution in [3.63, 3.8) is 0 Å². The van der Waals surface area contributed by atoms with Gasteiger partial charge in [-0.25, -0.2) is 0 Å². The zero-order chi connectivity index (χ0) is 17.8. The molecule has 0 radical (unpaired) electrons. The first kappa shape index (κ1) is 17.4. The minimum Gasteiger partial charge on any atom is -0.503 e. The maximum Gasteiger partial charge on any atom is 0.293 e. The Morgan fingerprint density at radius 1 is 1.36 bits per heavy atom. The van der Waals surface area contributed by atoms with Gasteiger partial charge < -0.3 is 19.1 Å². The van der Waals surface area contributed by atoms with Gasteiger partial charge in [-0.15, -0.1) is 0 Å². The number of hydrogen-bond donors (Lipinski definition) is 1. The molecule has 8 heteroatoms. The maximum atomic E-state index is 12.2. The standard InChI is InChI=1S/C17H20N2O6/c20-15-11-12-10-13(19(22)23)5-6-14(12)18(17(15)21)7-3-9-25-16-4-1-2-8-24-16/h5-6,10-11,16,20H,1-4,7-9H2. The summed E-state index contributed by atoms with van der Waals surface area (Å²) in [6.07, 6.45) is 3.39. The third-order valence-corrected chi connectivity index (χ3v) is 4.24. The number of rotatable bonds is 6. The number of nitrogens with zero attached hydrogens (tertiary/aromatic N) is 2. The Morgan fingerprint density at radius 2 is 2.20 bits per heavy atom. The number of benzene rings is 1. The van der Waals surface area contributed by atoms with Gasteiger partial charge in [0.2, 0.25) is 0 Å². The third kappa shape index (κ3) is 3.97. The number of ether oxygens (including phenoxy) is 2. The summed E-state index contributed by atoms with van der Waals surface area (Å²) in [5, 5.41) is 21.2. The fourth-order valence-corrected chi connectivity index (χ4v) is 2.98. The minimum absolute atomic E-state index is 0.0881. The monoisotopic (exact) mass is 348 g/mol. The molecule has 1 unspecified atom stereocenters. The van der Waals surface area contributed by atoms with E-state index in [2.05, 4.69) is 0 Å². The van der Waals surface area contributed by atoms with Crippen LogP contribution in [0.5, 0.6) is 5.75 Å². The van der Waals surface area contributed by atoms with Gasteiger partial charge in [0.25, 0.3) is 11.2 Å². The van der Waals surface area contributed by atoms with Gasteiger partial charge in [-0.2, -0.15) is 0 Å². The van der Waals surface area contributed by atoms with Crippen LogP contribution in [0.1, 0.15) is 25.7 Å². The van der Waals surface area contributed by atoms with Gasteiger partial charge >= 0.3 is 0 Å². The van der Waals surface area contributed by atoms with Gasteiger partial charge in [0.05, 0.1) is 17.0 Å². The Hall–Kier alpha value is -2.45. The van der Waals surface area contributed by atoms with Gasteiger partial charge in [-0.1, -0.05) is 0 Å². The molecule has 1 aliphatic rings. The molecular formula is C17H20N2O6. The van der Waals surface area contributed by atoms with E-state index in [0.717, 1.165) is 19.3 Å². The second kappa shape index (κ2) is 7.62. The normalized spacial score (nSPS) is 17.7. The molecule has 1 aromatic heterocycles. The highest BCUT2D eigenvalue weighted by atomic mass is 16.7. The van der Waals surface area contributed by atoms with Crippen molar-refractivity contribution in [1.29, 1.82) is 0 Å². The van der Waals surface area contributed by atoms with Gasteiger partial charge in [0.1, 0.15) is 0 Å². The van der Waals surface area contributed by atoms with Crippen LogP contribution in [0, 0.1) is 10.1 Å². The largest absolute Gasteiger partial charge is 0.503 e. The van der Waals surface area contributed by atoms with Crippen LogP contribution in [0.15, 0.2) is 29.1 Å². The topological polar surface area (TPSA) is 104 Å². The maximum absolute atomic E-state index is 12.2. The number of aryl methyl sites for hydroxylation is 1. The lowest BCUT2D eigenvalue weighted by Crippen LogP contribution is -2.24. The van der Waals surface area contributed by atoms with Crippen molar-refractivity contribution >= 4 is 16.6 Å². The van der Waals surface area contributed by atoms with Crippen molar-refractivity contribution in [1.82, 2.24) is 4.57 Å². The number of pyridine rings is 1. The zero-order valence-electron chi connectivity index (χ0n) is 13.7. The van der Waals surface area contributed by atoms with Crippen molar-refractivity contribution < 1.29 is 19.5 Å². The first-order valence-electron chi connectivity index (χ1n) is 8.30. The number of aromatic nitrogens is 1. The Balaban J connectivity index is 1.74. The van der Waals surface area contributed by atoms with E-state index in [9.17, 15) is 20.0 Å². The van der Waals surface area contributed by atoms with Crippen molar-refractivity contribution in [2.75, 3.05) is 13.2 Å². The molecule has 25 heavy (non-hydrogen) atoms. The second-order valence-electron chi connectivity index (χ2n) is 6.01. The quantitative estimate of drug-likeness (QED) is 0.489. The fourth-order valence-electron chi connectivity index (χ4n) is 2.98. The summed E-state index contributed by atoms with van der Waals surface area (Å²) in [5.41, 5.74) is -0.0625. The lowest BCUT2D eigenvalue weighted by atomic mass is 10.2. The van der Waals surface area contributed by atoms with Crippen molar-refractivity contribution in [3.05, 3.63) is 44.7 Å². The molecule has 134 valence electrons. The predicted molar refractivity (Wildman–Crippen MR) is 90.7 cm³/mol. The van der Waals surface area contributed by atoms with E-state index >= 15 is 0 Å². The van der Waals surface area contributed by atoms with E-state index in [0.29, 0.717) is 37.1 Å². The first-order chi connectivity index (χ1) is 12.1. The molecule has 8 nitrogen and oxygen atoms in total. The Bertz CT molecular complexity index is 826. The van der Waals surface area contributed by atoms with Crippen LogP contribution >= 0.6 is 0 Å². The van der Waals surface area contributed by atoms with E-state index < -0.39 is 16.2 Å². The van der Waals surface area contributed by atoms with Crippen LogP contribution in [-0.4, -0.2) is 34.1 Å². The van der Waals surface area contributed by atoms with Gasteiger partial charge in [-0.3, -0.25) is 14.9 Å². The number of non-ortho nitro benzene ring substituents is 1. The lowest BCUT2D eigenvalue weighted by Gasteiger charge is -2.22. The Kier molecular flexibility index (Phi) is 5.30. The third-order valence-electron chi connectivity index (χ3n) is 4.24. The van der Waals surface area contributed by atoms with Gasteiger partial charge in [-0.05, 0) is 37.8 Å². The molecule has 0 saturated carbocycles. The summed E-state index contributed by atoms with van der Waals surface area (Å²) in [4.78, 5) is 22.6. The Morgan fingerprint density at radius 3 is 2.92 bits per heavy atom. The number of nitro benzene ring substituents is 1. The van der Waals surface area contributed by atoms with Crippen LogP contribution in [-0.2, 0) is 16.0 Å². The van der Waals surface area contributed by atoms with Crippen LogP contribution < -0.4 is 5.56 Å². The molecular weight excluding hydrogens is 328 g/mol. The molecule has 1 fully saturated rings. The molecule has 0 amide bonds. The van der Waals surface area contributed by atoms with E-state index in [1.807, 2.05) is 0 Å². The molecule has 1 atom stereocenters. The van der Waals surface area contributed by atoms with E-state index in [-0.39, 0.29) is 12.0 Å². The summed E-state index contributed by atoms with van der Waals surface area (Å²) in [5.74, 6) is -0.426. The minimum atomic E-state index is -0.518. The van der Waals surface area contributed by atoms with Crippen LogP contribution in [0.2, 0.25) is 0 Å². The van der Waals surface area contributed by atoms with Crippen LogP contribution in [0.25, 0.3) is 10.9 Å². The summed E-state index contributed by atoms with van der Waals surface area (Å²) in [6, 6.07) is 5.48. The molecule has 1 saturated heterocycles. The van der Waals surface area contributed by atoms with Crippen molar-refractivity contribution in [2.45, 2.75) is 38.5 Å². The lowest BCUT2D eigenvalue weighted by molar-refractivity contribution is -0.384. The molecule has 2 aromatic rings. The molecule has 3 rings (SSSR count). The van der Waals surface area contributed by atoms with Crippen LogP contribution in [0.3, 0.4) is 0 Å². The zero-order valence-corrected chi connectivity index (χ0v) is 13.7. The summed E-state index contributed by atoms with van der Waals surface area (Å²) >= 11 is 0. The number of fused-ring (bicyclic) bond motifs is 1. The highest BCUT2D eigenvalue weighted by Gasteiger charge is 2.15. The highest BCUT2D eigenvalue weighted by molar-refractivity contribution is 5.82. The Labute approximate surface area is 143 Å².